The van der Waals surface area contributed by atoms with Crippen LogP contribution in [0.2, 0.25) is 0 Å². The number of benzene rings is 2. The fourth-order valence-electron chi connectivity index (χ4n) is 2.68. The zero-order valence-electron chi connectivity index (χ0n) is 14.5. The fourth-order valence-corrected chi connectivity index (χ4v) is 2.86. The SMILES string of the molecule is Cc1cccc(COc2ccc(C=C3C(=O)N(C)C(=S)N3C)cc2)c1. The topological polar surface area (TPSA) is 32.8 Å². The van der Waals surface area contributed by atoms with Crippen molar-refractivity contribution in [1.82, 2.24) is 9.80 Å². The number of hydrogen-bond donors (Lipinski definition) is 0. The van der Waals surface area contributed by atoms with Crippen LogP contribution in [0.1, 0.15) is 16.7 Å². The smallest absolute Gasteiger partial charge is 0.276 e. The molecule has 1 amide bonds. The van der Waals surface area contributed by atoms with Gasteiger partial charge < -0.3 is 9.64 Å². The summed E-state index contributed by atoms with van der Waals surface area (Å²) in [5.41, 5.74) is 3.86. The Kier molecular flexibility index (Phi) is 4.86. The molecule has 0 atom stereocenters. The lowest BCUT2D eigenvalue weighted by molar-refractivity contribution is -0.121. The van der Waals surface area contributed by atoms with Gasteiger partial charge in [-0.3, -0.25) is 9.69 Å². The molecule has 1 heterocycles. The van der Waals surface area contributed by atoms with Gasteiger partial charge in [-0.15, -0.1) is 0 Å². The van der Waals surface area contributed by atoms with E-state index in [1.54, 1.807) is 19.0 Å². The minimum Gasteiger partial charge on any atom is -0.489 e. The van der Waals surface area contributed by atoms with Crippen LogP contribution in [0.4, 0.5) is 0 Å². The number of carbonyl (C=O) groups excluding carboxylic acids is 1. The van der Waals surface area contributed by atoms with E-state index in [9.17, 15) is 4.79 Å². The van der Waals surface area contributed by atoms with Crippen LogP contribution in [0, 0.1) is 6.92 Å². The van der Waals surface area contributed by atoms with Crippen LogP contribution in [0.25, 0.3) is 6.08 Å². The first kappa shape index (κ1) is 17.2. The zero-order chi connectivity index (χ0) is 18.0. The summed E-state index contributed by atoms with van der Waals surface area (Å²) in [5.74, 6) is 0.703. The molecule has 4 nitrogen and oxygen atoms in total. The van der Waals surface area contributed by atoms with Crippen molar-refractivity contribution in [2.24, 2.45) is 0 Å². The summed E-state index contributed by atoms with van der Waals surface area (Å²) < 4.78 is 5.82. The molecule has 0 unspecified atom stereocenters. The number of ether oxygens (including phenoxy) is 1. The molecular weight excluding hydrogens is 332 g/mol. The molecule has 1 fully saturated rings. The number of likely N-dealkylation sites (N-methyl/N-ethyl adjacent to an activating group) is 2. The molecule has 3 rings (SSSR count). The Labute approximate surface area is 153 Å². The van der Waals surface area contributed by atoms with E-state index in [0.29, 0.717) is 17.4 Å². The van der Waals surface area contributed by atoms with E-state index in [1.807, 2.05) is 42.5 Å². The van der Waals surface area contributed by atoms with Gasteiger partial charge in [-0.25, -0.2) is 0 Å². The second kappa shape index (κ2) is 7.07. The fraction of sp³-hybridized carbons (Fsp3) is 0.200. The zero-order valence-corrected chi connectivity index (χ0v) is 15.3. The van der Waals surface area contributed by atoms with Gasteiger partial charge in [-0.05, 0) is 48.5 Å². The molecule has 0 aromatic heterocycles. The Morgan fingerprint density at radius 3 is 2.40 bits per heavy atom. The summed E-state index contributed by atoms with van der Waals surface area (Å²) in [5, 5.41) is 0.509. The van der Waals surface area contributed by atoms with Crippen LogP contribution in [0.15, 0.2) is 54.2 Å². The minimum absolute atomic E-state index is 0.0905. The van der Waals surface area contributed by atoms with Crippen molar-refractivity contribution in [2.75, 3.05) is 14.1 Å². The van der Waals surface area contributed by atoms with E-state index in [0.717, 1.165) is 16.9 Å². The number of carbonyl (C=O) groups is 1. The predicted molar refractivity (Wildman–Crippen MR) is 103 cm³/mol. The number of nitrogens with zero attached hydrogens (tertiary/aromatic N) is 2. The van der Waals surface area contributed by atoms with Crippen molar-refractivity contribution >= 4 is 29.3 Å². The average Bonchev–Trinajstić information content (AvgIpc) is 2.79. The van der Waals surface area contributed by atoms with Crippen LogP contribution < -0.4 is 4.74 Å². The molecule has 0 spiro atoms. The summed E-state index contributed by atoms with van der Waals surface area (Å²) in [6.07, 6.45) is 1.84. The first-order valence-corrected chi connectivity index (χ1v) is 8.42. The van der Waals surface area contributed by atoms with Gasteiger partial charge in [0.2, 0.25) is 0 Å². The van der Waals surface area contributed by atoms with Crippen LogP contribution in [-0.2, 0) is 11.4 Å². The van der Waals surface area contributed by atoms with E-state index in [-0.39, 0.29) is 5.91 Å². The molecule has 0 radical (unpaired) electrons. The summed E-state index contributed by atoms with van der Waals surface area (Å²) in [4.78, 5) is 15.4. The highest BCUT2D eigenvalue weighted by molar-refractivity contribution is 7.80. The highest BCUT2D eigenvalue weighted by atomic mass is 32.1. The molecule has 0 N–H and O–H groups in total. The second-order valence-electron chi connectivity index (χ2n) is 6.08. The quantitative estimate of drug-likeness (QED) is 0.622. The van der Waals surface area contributed by atoms with Gasteiger partial charge in [0.15, 0.2) is 5.11 Å². The summed E-state index contributed by atoms with van der Waals surface area (Å²) in [6.45, 7) is 2.60. The predicted octanol–water partition coefficient (Wildman–Crippen LogP) is 3.60. The van der Waals surface area contributed by atoms with Gasteiger partial charge in [0.1, 0.15) is 18.1 Å². The number of hydrogen-bond acceptors (Lipinski definition) is 3. The van der Waals surface area contributed by atoms with E-state index < -0.39 is 0 Å². The minimum atomic E-state index is -0.0905. The number of aryl methyl sites for hydroxylation is 1. The summed E-state index contributed by atoms with van der Waals surface area (Å²) >= 11 is 5.22. The first-order chi connectivity index (χ1) is 12.0. The number of thiocarbonyl (C=S) groups is 1. The van der Waals surface area contributed by atoms with Crippen molar-refractivity contribution in [1.29, 1.82) is 0 Å². The molecule has 1 saturated heterocycles. The van der Waals surface area contributed by atoms with Gasteiger partial charge in [-0.1, -0.05) is 42.0 Å². The molecular formula is C20H20N2O2S. The van der Waals surface area contributed by atoms with Gasteiger partial charge >= 0.3 is 0 Å². The second-order valence-corrected chi connectivity index (χ2v) is 6.45. The molecule has 2 aromatic carbocycles. The Balaban J connectivity index is 1.69. The summed E-state index contributed by atoms with van der Waals surface area (Å²) in [7, 11) is 3.49. The van der Waals surface area contributed by atoms with Crippen molar-refractivity contribution in [3.05, 3.63) is 70.9 Å². The highest BCUT2D eigenvalue weighted by Gasteiger charge is 2.32. The van der Waals surface area contributed by atoms with Crippen molar-refractivity contribution < 1.29 is 9.53 Å². The lowest BCUT2D eigenvalue weighted by atomic mass is 10.1. The molecule has 128 valence electrons. The molecule has 1 aliphatic heterocycles. The molecule has 25 heavy (non-hydrogen) atoms. The number of rotatable bonds is 4. The van der Waals surface area contributed by atoms with E-state index in [1.165, 1.54) is 10.5 Å². The van der Waals surface area contributed by atoms with Gasteiger partial charge in [0.25, 0.3) is 5.91 Å². The average molecular weight is 352 g/mol. The molecule has 0 saturated carbocycles. The maximum atomic E-state index is 12.2. The third kappa shape index (κ3) is 3.72. The van der Waals surface area contributed by atoms with Gasteiger partial charge in [0, 0.05) is 14.1 Å². The lowest BCUT2D eigenvalue weighted by Gasteiger charge is -2.11. The normalized spacial score (nSPS) is 16.0. The van der Waals surface area contributed by atoms with Crippen LogP contribution in [-0.4, -0.2) is 34.9 Å². The van der Waals surface area contributed by atoms with E-state index in [2.05, 4.69) is 19.1 Å². The standard InChI is InChI=1S/C20H20N2O2S/c1-14-5-4-6-16(11-14)13-24-17-9-7-15(8-10-17)12-18-19(23)22(3)20(25)21(18)2/h4-12H,13H2,1-3H3. The third-order valence-corrected chi connectivity index (χ3v) is 4.68. The van der Waals surface area contributed by atoms with Crippen molar-refractivity contribution in [3.8, 4) is 5.75 Å². The summed E-state index contributed by atoms with van der Waals surface area (Å²) in [6, 6.07) is 15.9. The van der Waals surface area contributed by atoms with Crippen molar-refractivity contribution in [2.45, 2.75) is 13.5 Å². The molecule has 2 aromatic rings. The van der Waals surface area contributed by atoms with Crippen LogP contribution in [0.5, 0.6) is 5.75 Å². The van der Waals surface area contributed by atoms with Crippen LogP contribution >= 0.6 is 12.2 Å². The molecule has 0 aliphatic carbocycles. The van der Waals surface area contributed by atoms with Crippen LogP contribution in [0.3, 0.4) is 0 Å². The monoisotopic (exact) mass is 352 g/mol. The Hall–Kier alpha value is -2.66. The first-order valence-electron chi connectivity index (χ1n) is 8.01. The number of amides is 1. The van der Waals surface area contributed by atoms with Gasteiger partial charge in [-0.2, -0.15) is 0 Å². The van der Waals surface area contributed by atoms with Gasteiger partial charge in [0.05, 0.1) is 0 Å². The third-order valence-electron chi connectivity index (χ3n) is 4.13. The molecule has 0 bridgehead atoms. The maximum Gasteiger partial charge on any atom is 0.276 e. The maximum absolute atomic E-state index is 12.2. The molecule has 5 heteroatoms. The Bertz CT molecular complexity index is 843. The molecule has 1 aliphatic rings. The highest BCUT2D eigenvalue weighted by Crippen LogP contribution is 2.22. The largest absolute Gasteiger partial charge is 0.489 e. The van der Waals surface area contributed by atoms with Crippen molar-refractivity contribution in [3.63, 3.8) is 0 Å². The Morgan fingerprint density at radius 2 is 1.80 bits per heavy atom. The van der Waals surface area contributed by atoms with E-state index in [4.69, 9.17) is 17.0 Å². The Morgan fingerprint density at radius 1 is 1.08 bits per heavy atom. The lowest BCUT2D eigenvalue weighted by Crippen LogP contribution is -2.26. The van der Waals surface area contributed by atoms with E-state index >= 15 is 0 Å².